The van der Waals surface area contributed by atoms with Crippen LogP contribution in [0.15, 0.2) is 0 Å². The predicted octanol–water partition coefficient (Wildman–Crippen LogP) is 0.863. The Kier molecular flexibility index (Phi) is 2.59. The molecule has 1 spiro atoms. The molecule has 0 aromatic rings. The Morgan fingerprint density at radius 1 is 1.47 bits per heavy atom. The topological polar surface area (TPSA) is 38.8 Å². The summed E-state index contributed by atoms with van der Waals surface area (Å²) in [7, 11) is 0. The van der Waals surface area contributed by atoms with Crippen molar-refractivity contribution in [3.63, 3.8) is 0 Å². The van der Waals surface area contributed by atoms with Crippen molar-refractivity contribution in [2.45, 2.75) is 25.6 Å². The summed E-state index contributed by atoms with van der Waals surface area (Å²) in [6, 6.07) is 0. The van der Waals surface area contributed by atoms with Gasteiger partial charge in [0.1, 0.15) is 0 Å². The zero-order valence-electron chi connectivity index (χ0n) is 9.40. The minimum atomic E-state index is -2.74. The van der Waals surface area contributed by atoms with Gasteiger partial charge in [-0.1, -0.05) is 0 Å². The summed E-state index contributed by atoms with van der Waals surface area (Å²) in [5, 5.41) is 0. The monoisotopic (exact) mass is 247 g/mol. The standard InChI is InChI=1S/C11H15F2NO3/c12-10(13)17-7-4-14(5-7)9(15)8-3-11(8)1-2-16-6-11/h7-8,10H,1-6H2. The first-order valence-corrected chi connectivity index (χ1v) is 5.91. The average molecular weight is 247 g/mol. The fourth-order valence-electron chi connectivity index (χ4n) is 2.83. The van der Waals surface area contributed by atoms with Crippen LogP contribution >= 0.6 is 0 Å². The first kappa shape index (κ1) is 11.3. The molecule has 2 saturated heterocycles. The van der Waals surface area contributed by atoms with Crippen LogP contribution in [0.1, 0.15) is 12.8 Å². The van der Waals surface area contributed by atoms with Crippen LogP contribution in [0.4, 0.5) is 8.78 Å². The third-order valence-corrected chi connectivity index (χ3v) is 4.08. The molecular weight excluding hydrogens is 232 g/mol. The number of carbonyl (C=O) groups is 1. The van der Waals surface area contributed by atoms with Gasteiger partial charge < -0.3 is 14.4 Å². The molecule has 3 rings (SSSR count). The Balaban J connectivity index is 1.47. The first-order chi connectivity index (χ1) is 8.11. The van der Waals surface area contributed by atoms with E-state index in [-0.39, 0.29) is 17.2 Å². The molecule has 1 saturated carbocycles. The second-order valence-corrected chi connectivity index (χ2v) is 5.18. The van der Waals surface area contributed by atoms with Crippen molar-refractivity contribution in [1.29, 1.82) is 0 Å². The van der Waals surface area contributed by atoms with Gasteiger partial charge in [0.15, 0.2) is 0 Å². The molecule has 2 heterocycles. The van der Waals surface area contributed by atoms with E-state index in [1.54, 1.807) is 4.90 Å². The lowest BCUT2D eigenvalue weighted by Gasteiger charge is -2.39. The molecule has 2 aliphatic heterocycles. The van der Waals surface area contributed by atoms with E-state index in [2.05, 4.69) is 4.74 Å². The fraction of sp³-hybridized carbons (Fsp3) is 0.909. The number of carbonyl (C=O) groups excluding carboxylic acids is 1. The van der Waals surface area contributed by atoms with Crippen molar-refractivity contribution in [3.8, 4) is 0 Å². The second kappa shape index (κ2) is 3.88. The van der Waals surface area contributed by atoms with E-state index in [1.807, 2.05) is 0 Å². The maximum absolute atomic E-state index is 12.0. The van der Waals surface area contributed by atoms with Gasteiger partial charge in [0.2, 0.25) is 5.91 Å². The maximum atomic E-state index is 12.0. The third-order valence-electron chi connectivity index (χ3n) is 4.08. The molecule has 0 radical (unpaired) electrons. The molecule has 1 amide bonds. The zero-order valence-corrected chi connectivity index (χ0v) is 9.40. The Labute approximate surface area is 97.9 Å². The summed E-state index contributed by atoms with van der Waals surface area (Å²) in [6.45, 7) is -0.727. The maximum Gasteiger partial charge on any atom is 0.345 e. The van der Waals surface area contributed by atoms with E-state index >= 15 is 0 Å². The second-order valence-electron chi connectivity index (χ2n) is 5.18. The Bertz CT molecular complexity index is 325. The third kappa shape index (κ3) is 1.93. The van der Waals surface area contributed by atoms with Crippen molar-refractivity contribution in [2.75, 3.05) is 26.3 Å². The molecule has 96 valence electrons. The van der Waals surface area contributed by atoms with Crippen molar-refractivity contribution in [1.82, 2.24) is 4.90 Å². The smallest absolute Gasteiger partial charge is 0.345 e. The zero-order chi connectivity index (χ0) is 12.0. The van der Waals surface area contributed by atoms with Crippen LogP contribution in [0.2, 0.25) is 0 Å². The van der Waals surface area contributed by atoms with Gasteiger partial charge in [0, 0.05) is 31.0 Å². The van der Waals surface area contributed by atoms with Crippen molar-refractivity contribution in [3.05, 3.63) is 0 Å². The molecule has 3 aliphatic rings. The number of alkyl halides is 2. The van der Waals surface area contributed by atoms with Gasteiger partial charge in [-0.25, -0.2) is 0 Å². The number of ether oxygens (including phenoxy) is 2. The van der Waals surface area contributed by atoms with Gasteiger partial charge in [0.25, 0.3) is 0 Å². The predicted molar refractivity (Wildman–Crippen MR) is 53.4 cm³/mol. The van der Waals surface area contributed by atoms with Crippen LogP contribution in [0.3, 0.4) is 0 Å². The van der Waals surface area contributed by atoms with Crippen LogP contribution in [0, 0.1) is 11.3 Å². The Hall–Kier alpha value is -0.750. The van der Waals surface area contributed by atoms with Crippen LogP contribution in [0.25, 0.3) is 0 Å². The van der Waals surface area contributed by atoms with Gasteiger partial charge in [0.05, 0.1) is 12.7 Å². The van der Waals surface area contributed by atoms with E-state index in [0.717, 1.165) is 19.4 Å². The molecular formula is C11H15F2NO3. The lowest BCUT2D eigenvalue weighted by molar-refractivity contribution is -0.199. The highest BCUT2D eigenvalue weighted by molar-refractivity contribution is 5.83. The molecule has 17 heavy (non-hydrogen) atoms. The summed E-state index contributed by atoms with van der Waals surface area (Å²) in [4.78, 5) is 13.6. The molecule has 6 heteroatoms. The SMILES string of the molecule is O=C(C1CC12CCOC2)N1CC(OC(F)F)C1. The molecule has 0 bridgehead atoms. The molecule has 0 aromatic heterocycles. The van der Waals surface area contributed by atoms with Gasteiger partial charge in [-0.3, -0.25) is 4.79 Å². The van der Waals surface area contributed by atoms with Gasteiger partial charge in [-0.2, -0.15) is 8.78 Å². The largest absolute Gasteiger partial charge is 0.381 e. The first-order valence-electron chi connectivity index (χ1n) is 5.91. The summed E-state index contributed by atoms with van der Waals surface area (Å²) >= 11 is 0. The van der Waals surface area contributed by atoms with Crippen LogP contribution < -0.4 is 0 Å². The highest BCUT2D eigenvalue weighted by atomic mass is 19.3. The fourth-order valence-corrected chi connectivity index (χ4v) is 2.83. The van der Waals surface area contributed by atoms with E-state index in [9.17, 15) is 13.6 Å². The Morgan fingerprint density at radius 3 is 2.82 bits per heavy atom. The summed E-state index contributed by atoms with van der Waals surface area (Å²) in [5.41, 5.74) is 0.0751. The molecule has 3 fully saturated rings. The number of nitrogens with zero attached hydrogens (tertiary/aromatic N) is 1. The average Bonchev–Trinajstić information content (AvgIpc) is 2.69. The normalized spacial score (nSPS) is 36.6. The van der Waals surface area contributed by atoms with Crippen molar-refractivity contribution in [2.24, 2.45) is 11.3 Å². The van der Waals surface area contributed by atoms with E-state index in [0.29, 0.717) is 19.7 Å². The van der Waals surface area contributed by atoms with Crippen LogP contribution in [-0.2, 0) is 14.3 Å². The quantitative estimate of drug-likeness (QED) is 0.742. The van der Waals surface area contributed by atoms with Gasteiger partial charge >= 0.3 is 6.61 Å². The number of amides is 1. The molecule has 0 aromatic carbocycles. The number of likely N-dealkylation sites (tertiary alicyclic amines) is 1. The van der Waals surface area contributed by atoms with Crippen molar-refractivity contribution < 1.29 is 23.0 Å². The number of rotatable bonds is 3. The van der Waals surface area contributed by atoms with Crippen LogP contribution in [0.5, 0.6) is 0 Å². The number of hydrogen-bond donors (Lipinski definition) is 0. The lowest BCUT2D eigenvalue weighted by atomic mass is 10.0. The highest BCUT2D eigenvalue weighted by Crippen LogP contribution is 2.58. The Morgan fingerprint density at radius 2 is 2.24 bits per heavy atom. The highest BCUT2D eigenvalue weighted by Gasteiger charge is 2.61. The van der Waals surface area contributed by atoms with Crippen LogP contribution in [-0.4, -0.2) is 49.8 Å². The molecule has 1 aliphatic carbocycles. The van der Waals surface area contributed by atoms with E-state index < -0.39 is 12.7 Å². The molecule has 2 atom stereocenters. The minimum Gasteiger partial charge on any atom is -0.381 e. The number of hydrogen-bond acceptors (Lipinski definition) is 3. The summed E-state index contributed by atoms with van der Waals surface area (Å²) < 4.78 is 33.5. The van der Waals surface area contributed by atoms with Gasteiger partial charge in [-0.15, -0.1) is 0 Å². The lowest BCUT2D eigenvalue weighted by Crippen LogP contribution is -2.56. The van der Waals surface area contributed by atoms with E-state index in [4.69, 9.17) is 4.74 Å². The molecule has 4 nitrogen and oxygen atoms in total. The summed E-state index contributed by atoms with van der Waals surface area (Å²) in [6.07, 6.45) is 1.35. The number of halogens is 2. The van der Waals surface area contributed by atoms with Gasteiger partial charge in [-0.05, 0) is 12.8 Å². The summed E-state index contributed by atoms with van der Waals surface area (Å²) in [5.74, 6) is 0.141. The molecule has 0 N–H and O–H groups in total. The molecule has 2 unspecified atom stereocenters. The van der Waals surface area contributed by atoms with E-state index in [1.165, 1.54) is 0 Å². The van der Waals surface area contributed by atoms with Crippen molar-refractivity contribution >= 4 is 5.91 Å². The minimum absolute atomic E-state index is 0.0532.